The van der Waals surface area contributed by atoms with Crippen LogP contribution in [-0.2, 0) is 11.0 Å². The van der Waals surface area contributed by atoms with Crippen molar-refractivity contribution in [2.24, 2.45) is 5.92 Å². The topological polar surface area (TPSA) is 57.8 Å². The standard InChI is InChI=1S/C19H27N3OS/c1-13-6-4-9-17(14(13)2)19(18-11-20-12-21-18)15-7-5-8-16(10-15)22-24(3)23/h4,6,9,11-12,15-16,19,22H,5,7-8,10H2,1-3H3,(H,20,21). The summed E-state index contributed by atoms with van der Waals surface area (Å²) in [6, 6.07) is 6.92. The number of rotatable bonds is 5. The van der Waals surface area contributed by atoms with Crippen LogP contribution in [0, 0.1) is 19.8 Å². The third-order valence-electron chi connectivity index (χ3n) is 5.35. The average molecular weight is 346 g/mol. The van der Waals surface area contributed by atoms with E-state index in [1.165, 1.54) is 35.2 Å². The zero-order valence-electron chi connectivity index (χ0n) is 14.7. The van der Waals surface area contributed by atoms with Gasteiger partial charge in [0, 0.05) is 30.1 Å². The van der Waals surface area contributed by atoms with Gasteiger partial charge in [0.25, 0.3) is 0 Å². The molecule has 0 bridgehead atoms. The zero-order valence-corrected chi connectivity index (χ0v) is 15.5. The van der Waals surface area contributed by atoms with Gasteiger partial charge >= 0.3 is 0 Å². The third-order valence-corrected chi connectivity index (χ3v) is 6.02. The van der Waals surface area contributed by atoms with Crippen molar-refractivity contribution in [2.75, 3.05) is 6.26 Å². The minimum Gasteiger partial charge on any atom is -0.348 e. The van der Waals surface area contributed by atoms with E-state index in [0.717, 1.165) is 12.8 Å². The van der Waals surface area contributed by atoms with Gasteiger partial charge in [-0.3, -0.25) is 0 Å². The molecule has 0 aliphatic heterocycles. The highest BCUT2D eigenvalue weighted by Crippen LogP contribution is 2.41. The molecule has 24 heavy (non-hydrogen) atoms. The van der Waals surface area contributed by atoms with E-state index in [1.54, 1.807) is 12.6 Å². The lowest BCUT2D eigenvalue weighted by Crippen LogP contribution is -2.36. The van der Waals surface area contributed by atoms with Crippen molar-refractivity contribution < 1.29 is 4.21 Å². The van der Waals surface area contributed by atoms with Crippen LogP contribution in [0.15, 0.2) is 30.7 Å². The number of aromatic nitrogens is 2. The number of nitrogens with one attached hydrogen (secondary N) is 2. The summed E-state index contributed by atoms with van der Waals surface area (Å²) in [4.78, 5) is 7.61. The van der Waals surface area contributed by atoms with Crippen LogP contribution in [-0.4, -0.2) is 26.5 Å². The Balaban J connectivity index is 1.94. The smallest absolute Gasteiger partial charge is 0.0921 e. The Kier molecular flexibility index (Phi) is 5.51. The molecule has 2 aromatic rings. The number of H-pyrrole nitrogens is 1. The quantitative estimate of drug-likeness (QED) is 0.870. The maximum Gasteiger partial charge on any atom is 0.0921 e. The lowest BCUT2D eigenvalue weighted by Gasteiger charge is -2.35. The van der Waals surface area contributed by atoms with E-state index in [1.807, 2.05) is 6.20 Å². The number of aromatic amines is 1. The highest BCUT2D eigenvalue weighted by Gasteiger charge is 2.32. The Hall–Kier alpha value is -1.46. The van der Waals surface area contributed by atoms with Gasteiger partial charge < -0.3 is 4.98 Å². The fraction of sp³-hybridized carbons (Fsp3) is 0.526. The summed E-state index contributed by atoms with van der Waals surface area (Å²) in [7, 11) is -0.951. The Morgan fingerprint density at radius 2 is 2.17 bits per heavy atom. The lowest BCUT2D eigenvalue weighted by atomic mass is 9.73. The van der Waals surface area contributed by atoms with Crippen LogP contribution in [0.3, 0.4) is 0 Å². The predicted molar refractivity (Wildman–Crippen MR) is 99.3 cm³/mol. The number of benzene rings is 1. The van der Waals surface area contributed by atoms with Gasteiger partial charge in [-0.15, -0.1) is 0 Å². The first kappa shape index (κ1) is 17.4. The second-order valence-corrected chi connectivity index (χ2v) is 8.11. The first-order valence-corrected chi connectivity index (χ1v) is 10.3. The van der Waals surface area contributed by atoms with E-state index in [4.69, 9.17) is 0 Å². The minimum atomic E-state index is -0.951. The van der Waals surface area contributed by atoms with Gasteiger partial charge in [0.15, 0.2) is 0 Å². The largest absolute Gasteiger partial charge is 0.348 e. The molecule has 1 aliphatic carbocycles. The van der Waals surface area contributed by atoms with Gasteiger partial charge in [-0.2, -0.15) is 0 Å². The number of imidazole rings is 1. The second-order valence-electron chi connectivity index (χ2n) is 6.97. The van der Waals surface area contributed by atoms with Crippen LogP contribution < -0.4 is 4.72 Å². The molecule has 1 aliphatic rings. The molecule has 1 fully saturated rings. The Bertz CT molecular complexity index is 699. The average Bonchev–Trinajstić information content (AvgIpc) is 3.06. The molecule has 0 saturated heterocycles. The molecule has 1 heterocycles. The van der Waals surface area contributed by atoms with Crippen molar-refractivity contribution in [1.29, 1.82) is 0 Å². The maximum absolute atomic E-state index is 11.6. The van der Waals surface area contributed by atoms with Gasteiger partial charge in [-0.1, -0.05) is 24.6 Å². The molecule has 0 amide bonds. The van der Waals surface area contributed by atoms with Crippen LogP contribution in [0.5, 0.6) is 0 Å². The third kappa shape index (κ3) is 3.78. The fourth-order valence-electron chi connectivity index (χ4n) is 4.09. The predicted octanol–water partition coefficient (Wildman–Crippen LogP) is 3.60. The molecular weight excluding hydrogens is 318 g/mol. The number of hydrogen-bond donors (Lipinski definition) is 2. The van der Waals surface area contributed by atoms with Gasteiger partial charge in [0.2, 0.25) is 0 Å². The molecule has 4 nitrogen and oxygen atoms in total. The van der Waals surface area contributed by atoms with Crippen LogP contribution in [0.4, 0.5) is 0 Å². The van der Waals surface area contributed by atoms with Gasteiger partial charge in [0.05, 0.1) is 17.3 Å². The number of nitrogens with zero attached hydrogens (tertiary/aromatic N) is 1. The minimum absolute atomic E-state index is 0.322. The molecular formula is C19H27N3OS. The molecule has 5 heteroatoms. The van der Waals surface area contributed by atoms with E-state index in [-0.39, 0.29) is 0 Å². The Labute approximate surface area is 147 Å². The van der Waals surface area contributed by atoms with Crippen LogP contribution >= 0.6 is 0 Å². The summed E-state index contributed by atoms with van der Waals surface area (Å²) in [5, 5.41) is 0. The molecule has 3 rings (SSSR count). The van der Waals surface area contributed by atoms with Crippen molar-refractivity contribution in [3.05, 3.63) is 53.1 Å². The van der Waals surface area contributed by atoms with Crippen LogP contribution in [0.1, 0.15) is 54.0 Å². The summed E-state index contributed by atoms with van der Waals surface area (Å²) < 4.78 is 14.8. The summed E-state index contributed by atoms with van der Waals surface area (Å²) in [6.45, 7) is 4.39. The van der Waals surface area contributed by atoms with Crippen molar-refractivity contribution >= 4 is 11.0 Å². The number of aryl methyl sites for hydroxylation is 1. The lowest BCUT2D eigenvalue weighted by molar-refractivity contribution is 0.284. The number of hydrogen-bond acceptors (Lipinski definition) is 2. The van der Waals surface area contributed by atoms with Crippen molar-refractivity contribution in [3.8, 4) is 0 Å². The Morgan fingerprint density at radius 1 is 1.33 bits per heavy atom. The van der Waals surface area contributed by atoms with E-state index in [2.05, 4.69) is 46.7 Å². The van der Waals surface area contributed by atoms with Crippen LogP contribution in [0.2, 0.25) is 0 Å². The highest BCUT2D eigenvalue weighted by molar-refractivity contribution is 7.82. The molecule has 4 unspecified atom stereocenters. The van der Waals surface area contributed by atoms with Crippen LogP contribution in [0.25, 0.3) is 0 Å². The summed E-state index contributed by atoms with van der Waals surface area (Å²) in [5.41, 5.74) is 5.28. The van der Waals surface area contributed by atoms with Crippen molar-refractivity contribution in [1.82, 2.24) is 14.7 Å². The van der Waals surface area contributed by atoms with Gasteiger partial charge in [-0.05, 0) is 55.7 Å². The Morgan fingerprint density at radius 3 is 2.88 bits per heavy atom. The first-order valence-electron chi connectivity index (χ1n) is 8.70. The fourth-order valence-corrected chi connectivity index (χ4v) is 4.78. The van der Waals surface area contributed by atoms with Crippen molar-refractivity contribution in [3.63, 3.8) is 0 Å². The molecule has 0 radical (unpaired) electrons. The maximum atomic E-state index is 11.6. The van der Waals surface area contributed by atoms with E-state index in [9.17, 15) is 4.21 Å². The molecule has 4 atom stereocenters. The molecule has 1 saturated carbocycles. The SMILES string of the molecule is Cc1cccc(C(c2cnc[nH]2)C2CCCC(NS(C)=O)C2)c1C. The van der Waals surface area contributed by atoms with Crippen molar-refractivity contribution in [2.45, 2.75) is 51.5 Å². The second kappa shape index (κ2) is 7.62. The molecule has 2 N–H and O–H groups in total. The molecule has 130 valence electrons. The van der Waals surface area contributed by atoms with E-state index < -0.39 is 11.0 Å². The van der Waals surface area contributed by atoms with Gasteiger partial charge in [0.1, 0.15) is 0 Å². The summed E-state index contributed by atoms with van der Waals surface area (Å²) in [6.07, 6.45) is 9.99. The summed E-state index contributed by atoms with van der Waals surface area (Å²) in [5.74, 6) is 0.850. The molecule has 1 aromatic heterocycles. The first-order chi connectivity index (χ1) is 11.6. The van der Waals surface area contributed by atoms with E-state index >= 15 is 0 Å². The molecule has 1 aromatic carbocycles. The van der Waals surface area contributed by atoms with Gasteiger partial charge in [-0.25, -0.2) is 13.9 Å². The monoisotopic (exact) mass is 345 g/mol. The molecule has 0 spiro atoms. The summed E-state index contributed by atoms with van der Waals surface area (Å²) >= 11 is 0. The normalized spacial score (nSPS) is 23.8. The highest BCUT2D eigenvalue weighted by atomic mass is 32.2. The van der Waals surface area contributed by atoms with E-state index in [0.29, 0.717) is 17.9 Å². The zero-order chi connectivity index (χ0) is 17.1.